The Kier molecular flexibility index (Phi) is 2.44. The third-order valence-corrected chi connectivity index (χ3v) is 2.95. The molecule has 2 N–H and O–H groups in total. The molecule has 2 nitrogen and oxygen atoms in total. The molecular formula is C9H18N2. The SMILES string of the molecule is C1CCC(NNC2CCC2)C1. The van der Waals surface area contributed by atoms with Crippen molar-refractivity contribution in [1.29, 1.82) is 0 Å². The molecule has 0 radical (unpaired) electrons. The van der Waals surface area contributed by atoms with Crippen molar-refractivity contribution in [3.8, 4) is 0 Å². The van der Waals surface area contributed by atoms with E-state index < -0.39 is 0 Å². The molecule has 0 heterocycles. The predicted molar refractivity (Wildman–Crippen MR) is 46.2 cm³/mol. The van der Waals surface area contributed by atoms with Crippen LogP contribution in [0.5, 0.6) is 0 Å². The molecule has 11 heavy (non-hydrogen) atoms. The van der Waals surface area contributed by atoms with Crippen LogP contribution in [0.25, 0.3) is 0 Å². The Labute approximate surface area is 68.7 Å². The molecule has 64 valence electrons. The summed E-state index contributed by atoms with van der Waals surface area (Å²) in [7, 11) is 0. The minimum absolute atomic E-state index is 0.774. The quantitative estimate of drug-likeness (QED) is 0.603. The van der Waals surface area contributed by atoms with Crippen molar-refractivity contribution in [2.24, 2.45) is 0 Å². The van der Waals surface area contributed by atoms with E-state index >= 15 is 0 Å². The van der Waals surface area contributed by atoms with E-state index in [1.54, 1.807) is 0 Å². The minimum atomic E-state index is 0.774. The number of hydrogen-bond acceptors (Lipinski definition) is 2. The van der Waals surface area contributed by atoms with E-state index in [4.69, 9.17) is 0 Å². The second-order valence-corrected chi connectivity index (χ2v) is 3.90. The normalized spacial score (nSPS) is 27.3. The molecule has 2 saturated carbocycles. The molecule has 2 aliphatic carbocycles. The molecule has 0 aliphatic heterocycles. The average Bonchev–Trinajstić information content (AvgIpc) is 2.36. The molecular weight excluding hydrogens is 136 g/mol. The van der Waals surface area contributed by atoms with Gasteiger partial charge in [0, 0.05) is 12.1 Å². The van der Waals surface area contributed by atoms with Crippen LogP contribution in [-0.2, 0) is 0 Å². The van der Waals surface area contributed by atoms with Crippen molar-refractivity contribution in [3.63, 3.8) is 0 Å². The first kappa shape index (κ1) is 7.56. The van der Waals surface area contributed by atoms with E-state index in [9.17, 15) is 0 Å². The first-order chi connectivity index (χ1) is 5.45. The largest absolute Gasteiger partial charge is 0.255 e. The molecule has 0 saturated heterocycles. The topological polar surface area (TPSA) is 24.1 Å². The smallest absolute Gasteiger partial charge is 0.0213 e. The van der Waals surface area contributed by atoms with Crippen molar-refractivity contribution in [1.82, 2.24) is 10.9 Å². The van der Waals surface area contributed by atoms with E-state index in [0.29, 0.717) is 0 Å². The highest BCUT2D eigenvalue weighted by molar-refractivity contribution is 4.77. The van der Waals surface area contributed by atoms with Gasteiger partial charge in [-0.05, 0) is 25.7 Å². The third-order valence-electron chi connectivity index (χ3n) is 2.95. The number of rotatable bonds is 3. The van der Waals surface area contributed by atoms with Crippen LogP contribution in [0.15, 0.2) is 0 Å². The summed E-state index contributed by atoms with van der Waals surface area (Å²) >= 11 is 0. The fraction of sp³-hybridized carbons (Fsp3) is 1.00. The number of hydrazine groups is 1. The molecule has 2 fully saturated rings. The molecule has 0 aromatic heterocycles. The van der Waals surface area contributed by atoms with Crippen molar-refractivity contribution in [2.75, 3.05) is 0 Å². The van der Waals surface area contributed by atoms with Crippen molar-refractivity contribution in [2.45, 2.75) is 57.0 Å². The van der Waals surface area contributed by atoms with E-state index in [1.807, 2.05) is 0 Å². The highest BCUT2D eigenvalue weighted by Gasteiger charge is 2.19. The van der Waals surface area contributed by atoms with Gasteiger partial charge in [0.05, 0.1) is 0 Å². The lowest BCUT2D eigenvalue weighted by atomic mass is 9.94. The van der Waals surface area contributed by atoms with E-state index in [2.05, 4.69) is 10.9 Å². The Morgan fingerprint density at radius 3 is 1.45 bits per heavy atom. The van der Waals surface area contributed by atoms with Crippen LogP contribution in [0.2, 0.25) is 0 Å². The monoisotopic (exact) mass is 154 g/mol. The van der Waals surface area contributed by atoms with Gasteiger partial charge < -0.3 is 0 Å². The van der Waals surface area contributed by atoms with Crippen LogP contribution in [0, 0.1) is 0 Å². The summed E-state index contributed by atoms with van der Waals surface area (Å²) in [6.07, 6.45) is 9.76. The highest BCUT2D eigenvalue weighted by atomic mass is 15.4. The lowest BCUT2D eigenvalue weighted by molar-refractivity contribution is 0.278. The van der Waals surface area contributed by atoms with Crippen molar-refractivity contribution in [3.05, 3.63) is 0 Å². The first-order valence-corrected chi connectivity index (χ1v) is 4.96. The van der Waals surface area contributed by atoms with Crippen LogP contribution in [0.1, 0.15) is 44.9 Å². The highest BCUT2D eigenvalue weighted by Crippen LogP contribution is 2.19. The summed E-state index contributed by atoms with van der Waals surface area (Å²) in [6.45, 7) is 0. The standard InChI is InChI=1S/C9H18N2/c1-2-5-8(4-1)10-11-9-6-3-7-9/h8-11H,1-7H2. The van der Waals surface area contributed by atoms with Gasteiger partial charge in [-0.25, -0.2) is 0 Å². The molecule has 0 amide bonds. The van der Waals surface area contributed by atoms with Crippen LogP contribution in [0.4, 0.5) is 0 Å². The second-order valence-electron chi connectivity index (χ2n) is 3.90. The summed E-state index contributed by atoms with van der Waals surface area (Å²) < 4.78 is 0. The second kappa shape index (κ2) is 3.55. The minimum Gasteiger partial charge on any atom is -0.255 e. The summed E-state index contributed by atoms with van der Waals surface area (Å²) in [6, 6.07) is 1.56. The molecule has 0 aromatic rings. The molecule has 2 rings (SSSR count). The Balaban J connectivity index is 1.57. The zero-order valence-corrected chi connectivity index (χ0v) is 7.10. The molecule has 0 bridgehead atoms. The Morgan fingerprint density at radius 1 is 0.636 bits per heavy atom. The van der Waals surface area contributed by atoms with Gasteiger partial charge in [0.15, 0.2) is 0 Å². The molecule has 0 aromatic carbocycles. The average molecular weight is 154 g/mol. The first-order valence-electron chi connectivity index (χ1n) is 4.96. The summed E-state index contributed by atoms with van der Waals surface area (Å²) in [5, 5.41) is 0. The lowest BCUT2D eigenvalue weighted by Crippen LogP contribution is -2.48. The van der Waals surface area contributed by atoms with Crippen LogP contribution in [0.3, 0.4) is 0 Å². The van der Waals surface area contributed by atoms with Gasteiger partial charge in [0.2, 0.25) is 0 Å². The summed E-state index contributed by atoms with van der Waals surface area (Å²) in [5.74, 6) is 0. The zero-order valence-electron chi connectivity index (χ0n) is 7.10. The van der Waals surface area contributed by atoms with E-state index in [1.165, 1.54) is 44.9 Å². The zero-order chi connectivity index (χ0) is 7.52. The lowest BCUT2D eigenvalue weighted by Gasteiger charge is -2.28. The van der Waals surface area contributed by atoms with Gasteiger partial charge in [-0.1, -0.05) is 19.3 Å². The number of nitrogens with one attached hydrogen (secondary N) is 2. The van der Waals surface area contributed by atoms with Crippen molar-refractivity contribution >= 4 is 0 Å². The summed E-state index contributed by atoms with van der Waals surface area (Å²) in [5.41, 5.74) is 6.84. The van der Waals surface area contributed by atoms with Crippen LogP contribution >= 0.6 is 0 Å². The maximum atomic E-state index is 3.43. The van der Waals surface area contributed by atoms with Gasteiger partial charge in [0.1, 0.15) is 0 Å². The summed E-state index contributed by atoms with van der Waals surface area (Å²) in [4.78, 5) is 0. The maximum Gasteiger partial charge on any atom is 0.0213 e. The van der Waals surface area contributed by atoms with Gasteiger partial charge in [0.25, 0.3) is 0 Å². The molecule has 0 atom stereocenters. The third kappa shape index (κ3) is 1.94. The molecule has 2 aliphatic rings. The fourth-order valence-corrected chi connectivity index (χ4v) is 1.86. The van der Waals surface area contributed by atoms with Crippen molar-refractivity contribution < 1.29 is 0 Å². The van der Waals surface area contributed by atoms with Gasteiger partial charge >= 0.3 is 0 Å². The van der Waals surface area contributed by atoms with Gasteiger partial charge in [-0.3, -0.25) is 10.9 Å². The Morgan fingerprint density at radius 2 is 1.09 bits per heavy atom. The number of hydrogen-bond donors (Lipinski definition) is 2. The van der Waals surface area contributed by atoms with Gasteiger partial charge in [-0.2, -0.15) is 0 Å². The molecule has 0 spiro atoms. The molecule has 0 unspecified atom stereocenters. The van der Waals surface area contributed by atoms with Crippen LogP contribution in [-0.4, -0.2) is 12.1 Å². The van der Waals surface area contributed by atoms with Gasteiger partial charge in [-0.15, -0.1) is 0 Å². The Hall–Kier alpha value is -0.0800. The van der Waals surface area contributed by atoms with E-state index in [-0.39, 0.29) is 0 Å². The predicted octanol–water partition coefficient (Wildman–Crippen LogP) is 1.58. The fourth-order valence-electron chi connectivity index (χ4n) is 1.86. The maximum absolute atomic E-state index is 3.43. The van der Waals surface area contributed by atoms with E-state index in [0.717, 1.165) is 12.1 Å². The van der Waals surface area contributed by atoms with Crippen LogP contribution < -0.4 is 10.9 Å². The Bertz CT molecular complexity index is 115. The molecule has 2 heteroatoms.